The average Bonchev–Trinajstić information content (AvgIpc) is 2.71. The van der Waals surface area contributed by atoms with E-state index in [1.54, 1.807) is 35.2 Å². The highest BCUT2D eigenvalue weighted by atomic mass is 79.9. The molecule has 5 nitrogen and oxygen atoms in total. The van der Waals surface area contributed by atoms with Crippen molar-refractivity contribution in [1.82, 2.24) is 0 Å². The minimum Gasteiger partial charge on any atom is -0.482 e. The molecule has 4 rings (SSSR count). The second-order valence-corrected chi connectivity index (χ2v) is 7.76. The highest BCUT2D eigenvalue weighted by molar-refractivity contribution is 9.10. The number of anilines is 2. The topological polar surface area (TPSA) is 58.6 Å². The molecule has 0 saturated heterocycles. The molecule has 0 fully saturated rings. The maximum Gasteiger partial charge on any atom is 0.265 e. The lowest BCUT2D eigenvalue weighted by Crippen LogP contribution is -2.38. The van der Waals surface area contributed by atoms with Gasteiger partial charge in [-0.1, -0.05) is 46.3 Å². The van der Waals surface area contributed by atoms with Crippen LogP contribution >= 0.6 is 15.9 Å². The van der Waals surface area contributed by atoms with E-state index in [4.69, 9.17) is 4.74 Å². The van der Waals surface area contributed by atoms with E-state index in [2.05, 4.69) is 21.2 Å². The van der Waals surface area contributed by atoms with Crippen molar-refractivity contribution in [2.45, 2.75) is 13.5 Å². The van der Waals surface area contributed by atoms with Crippen molar-refractivity contribution < 1.29 is 14.3 Å². The second-order valence-electron chi connectivity index (χ2n) is 6.84. The minimum atomic E-state index is -0.222. The van der Waals surface area contributed by atoms with Gasteiger partial charge in [-0.25, -0.2) is 0 Å². The summed E-state index contributed by atoms with van der Waals surface area (Å²) in [5, 5.41) is 2.89. The van der Waals surface area contributed by atoms with Crippen LogP contribution in [0.25, 0.3) is 0 Å². The summed E-state index contributed by atoms with van der Waals surface area (Å²) in [6, 6.07) is 20.5. The van der Waals surface area contributed by atoms with Gasteiger partial charge in [-0.05, 0) is 54.4 Å². The molecule has 0 saturated carbocycles. The number of hydrogen-bond donors (Lipinski definition) is 1. The number of ether oxygens (including phenoxy) is 1. The fourth-order valence-electron chi connectivity index (χ4n) is 3.24. The highest BCUT2D eigenvalue weighted by Gasteiger charge is 2.26. The Hall–Kier alpha value is -3.12. The van der Waals surface area contributed by atoms with Gasteiger partial charge in [0.05, 0.1) is 12.2 Å². The van der Waals surface area contributed by atoms with Gasteiger partial charge in [-0.2, -0.15) is 0 Å². The summed E-state index contributed by atoms with van der Waals surface area (Å²) in [6.07, 6.45) is 0. The van der Waals surface area contributed by atoms with Gasteiger partial charge < -0.3 is 15.0 Å². The first-order chi connectivity index (χ1) is 14.0. The zero-order chi connectivity index (χ0) is 20.4. The van der Waals surface area contributed by atoms with Gasteiger partial charge in [-0.3, -0.25) is 9.59 Å². The van der Waals surface area contributed by atoms with Gasteiger partial charge in [-0.15, -0.1) is 0 Å². The second kappa shape index (κ2) is 8.09. The number of nitrogens with one attached hydrogen (secondary N) is 1. The first-order valence-electron chi connectivity index (χ1n) is 9.20. The fourth-order valence-corrected chi connectivity index (χ4v) is 3.64. The first kappa shape index (κ1) is 19.2. The molecular weight excluding hydrogens is 432 g/mol. The summed E-state index contributed by atoms with van der Waals surface area (Å²) in [4.78, 5) is 26.8. The van der Waals surface area contributed by atoms with Crippen LogP contribution in [-0.4, -0.2) is 18.4 Å². The average molecular weight is 451 g/mol. The Morgan fingerprint density at radius 3 is 2.72 bits per heavy atom. The number of carbonyl (C=O) groups is 2. The molecule has 0 bridgehead atoms. The molecule has 2 amide bonds. The number of halogens is 1. The Kier molecular flexibility index (Phi) is 5.36. The van der Waals surface area contributed by atoms with E-state index in [0.717, 1.165) is 15.6 Å². The number of benzene rings is 3. The number of amides is 2. The monoisotopic (exact) mass is 450 g/mol. The molecule has 0 aliphatic carbocycles. The van der Waals surface area contributed by atoms with E-state index in [9.17, 15) is 9.59 Å². The van der Waals surface area contributed by atoms with Crippen molar-refractivity contribution in [3.05, 3.63) is 87.9 Å². The Balaban J connectivity index is 1.62. The predicted octanol–water partition coefficient (Wildman–Crippen LogP) is 4.94. The SMILES string of the molecule is Cc1ccccc1CN1C(=O)COc2ccc(NC(=O)c3cccc(Br)c3)cc21. The molecule has 3 aromatic carbocycles. The Labute approximate surface area is 177 Å². The molecule has 1 heterocycles. The van der Waals surface area contributed by atoms with E-state index in [1.807, 2.05) is 43.3 Å². The molecule has 6 heteroatoms. The van der Waals surface area contributed by atoms with E-state index in [1.165, 1.54) is 0 Å². The maximum absolute atomic E-state index is 12.6. The molecule has 1 N–H and O–H groups in total. The molecule has 3 aromatic rings. The summed E-state index contributed by atoms with van der Waals surface area (Å²) < 4.78 is 6.42. The zero-order valence-corrected chi connectivity index (χ0v) is 17.4. The molecule has 0 aromatic heterocycles. The van der Waals surface area contributed by atoms with Crippen molar-refractivity contribution >= 4 is 39.1 Å². The lowest BCUT2D eigenvalue weighted by atomic mass is 10.1. The lowest BCUT2D eigenvalue weighted by Gasteiger charge is -2.30. The molecular formula is C23H19BrN2O3. The summed E-state index contributed by atoms with van der Waals surface area (Å²) in [7, 11) is 0. The Morgan fingerprint density at radius 2 is 1.93 bits per heavy atom. The van der Waals surface area contributed by atoms with Crippen molar-refractivity contribution in [1.29, 1.82) is 0 Å². The number of carbonyl (C=O) groups excluding carboxylic acids is 2. The summed E-state index contributed by atoms with van der Waals surface area (Å²) >= 11 is 3.38. The molecule has 146 valence electrons. The van der Waals surface area contributed by atoms with Crippen molar-refractivity contribution in [2.75, 3.05) is 16.8 Å². The molecule has 0 spiro atoms. The predicted molar refractivity (Wildman–Crippen MR) is 116 cm³/mol. The molecule has 0 atom stereocenters. The number of rotatable bonds is 4. The number of aryl methyl sites for hydroxylation is 1. The van der Waals surface area contributed by atoms with Crippen molar-refractivity contribution in [3.8, 4) is 5.75 Å². The van der Waals surface area contributed by atoms with Crippen LogP contribution in [0.15, 0.2) is 71.2 Å². The Morgan fingerprint density at radius 1 is 1.10 bits per heavy atom. The van der Waals surface area contributed by atoms with Crippen molar-refractivity contribution in [3.63, 3.8) is 0 Å². The van der Waals surface area contributed by atoms with Crippen LogP contribution in [0, 0.1) is 6.92 Å². The van der Waals surface area contributed by atoms with E-state index in [-0.39, 0.29) is 18.4 Å². The molecule has 29 heavy (non-hydrogen) atoms. The largest absolute Gasteiger partial charge is 0.482 e. The van der Waals surface area contributed by atoms with Gasteiger partial charge >= 0.3 is 0 Å². The molecule has 1 aliphatic rings. The summed E-state index contributed by atoms with van der Waals surface area (Å²) in [5.74, 6) is 0.287. The standard InChI is InChI=1S/C23H19BrN2O3/c1-15-5-2-3-6-17(15)13-26-20-12-19(9-10-21(20)29-14-22(26)27)25-23(28)16-7-4-8-18(24)11-16/h2-12H,13-14H2,1H3,(H,25,28). The summed E-state index contributed by atoms with van der Waals surface area (Å²) in [6.45, 7) is 2.48. The molecule has 1 aliphatic heterocycles. The van der Waals surface area contributed by atoms with Gasteiger partial charge in [0.25, 0.3) is 11.8 Å². The van der Waals surface area contributed by atoms with Crippen LogP contribution in [0.4, 0.5) is 11.4 Å². The third-order valence-electron chi connectivity index (χ3n) is 4.84. The van der Waals surface area contributed by atoms with Crippen LogP contribution in [0.5, 0.6) is 5.75 Å². The van der Waals surface area contributed by atoms with E-state index >= 15 is 0 Å². The van der Waals surface area contributed by atoms with Crippen molar-refractivity contribution in [2.24, 2.45) is 0 Å². The first-order valence-corrected chi connectivity index (χ1v) is 9.99. The zero-order valence-electron chi connectivity index (χ0n) is 15.8. The van der Waals surface area contributed by atoms with Gasteiger partial charge in [0, 0.05) is 15.7 Å². The quantitative estimate of drug-likeness (QED) is 0.612. The van der Waals surface area contributed by atoms with Crippen LogP contribution in [-0.2, 0) is 11.3 Å². The Bertz CT molecular complexity index is 1100. The smallest absolute Gasteiger partial charge is 0.265 e. The van der Waals surface area contributed by atoms with Gasteiger partial charge in [0.1, 0.15) is 5.75 Å². The number of nitrogens with zero attached hydrogens (tertiary/aromatic N) is 1. The van der Waals surface area contributed by atoms with Crippen LogP contribution in [0.1, 0.15) is 21.5 Å². The lowest BCUT2D eigenvalue weighted by molar-refractivity contribution is -0.121. The number of fused-ring (bicyclic) bond motifs is 1. The van der Waals surface area contributed by atoms with Crippen LogP contribution in [0.2, 0.25) is 0 Å². The highest BCUT2D eigenvalue weighted by Crippen LogP contribution is 2.36. The van der Waals surface area contributed by atoms with Gasteiger partial charge in [0.15, 0.2) is 6.61 Å². The van der Waals surface area contributed by atoms with Gasteiger partial charge in [0.2, 0.25) is 0 Å². The molecule has 0 unspecified atom stereocenters. The third kappa shape index (κ3) is 4.17. The number of hydrogen-bond acceptors (Lipinski definition) is 3. The van der Waals surface area contributed by atoms with E-state index < -0.39 is 0 Å². The fraction of sp³-hybridized carbons (Fsp3) is 0.130. The van der Waals surface area contributed by atoms with E-state index in [0.29, 0.717) is 29.2 Å². The van der Waals surface area contributed by atoms with Crippen LogP contribution < -0.4 is 15.0 Å². The normalized spacial score (nSPS) is 12.9. The maximum atomic E-state index is 12.6. The minimum absolute atomic E-state index is 0.00261. The van der Waals surface area contributed by atoms with Crippen LogP contribution in [0.3, 0.4) is 0 Å². The third-order valence-corrected chi connectivity index (χ3v) is 5.33. The summed E-state index contributed by atoms with van der Waals surface area (Å²) in [5.41, 5.74) is 3.98. The molecule has 0 radical (unpaired) electrons.